The van der Waals surface area contributed by atoms with E-state index in [0.29, 0.717) is 0 Å². The lowest BCUT2D eigenvalue weighted by molar-refractivity contribution is -0.127. The summed E-state index contributed by atoms with van der Waals surface area (Å²) < 4.78 is 5.11. The second kappa shape index (κ2) is 4.98. The number of methoxy groups -OCH3 is 1. The Morgan fingerprint density at radius 2 is 1.67 bits per heavy atom. The molecule has 0 unspecified atom stereocenters. The molecule has 0 aliphatic rings. The van der Waals surface area contributed by atoms with Crippen LogP contribution in [-0.4, -0.2) is 18.6 Å². The zero-order chi connectivity index (χ0) is 14.0. The molecule has 0 fully saturated rings. The fourth-order valence-electron chi connectivity index (χ4n) is 1.52. The number of nitrogens with one attached hydrogen (secondary N) is 1. The largest absolute Gasteiger partial charge is 0.497 e. The van der Waals surface area contributed by atoms with Gasteiger partial charge in [-0.15, -0.1) is 0 Å². The minimum atomic E-state index is -0.885. The highest BCUT2D eigenvalue weighted by Gasteiger charge is 2.29. The summed E-state index contributed by atoms with van der Waals surface area (Å²) in [6.45, 7) is 7.26. The Morgan fingerprint density at radius 1 is 1.17 bits per heavy atom. The molecule has 0 heterocycles. The standard InChI is InChI=1S/C14H22N2O2/c1-13(2,15)12(17)16-14(3,4)10-6-8-11(18-5)9-7-10/h6-9H,15H2,1-5H3,(H,16,17). The van der Waals surface area contributed by atoms with E-state index in [0.717, 1.165) is 11.3 Å². The Kier molecular flexibility index (Phi) is 4.02. The molecule has 0 radical (unpaired) electrons. The van der Waals surface area contributed by atoms with E-state index in [1.165, 1.54) is 0 Å². The van der Waals surface area contributed by atoms with Crippen molar-refractivity contribution in [1.82, 2.24) is 5.32 Å². The van der Waals surface area contributed by atoms with Gasteiger partial charge >= 0.3 is 0 Å². The van der Waals surface area contributed by atoms with Crippen LogP contribution in [0.1, 0.15) is 33.3 Å². The Bertz CT molecular complexity index is 416. The monoisotopic (exact) mass is 250 g/mol. The van der Waals surface area contributed by atoms with Crippen LogP contribution in [0.2, 0.25) is 0 Å². The van der Waals surface area contributed by atoms with E-state index in [9.17, 15) is 4.79 Å². The quantitative estimate of drug-likeness (QED) is 0.856. The Balaban J connectivity index is 2.88. The smallest absolute Gasteiger partial charge is 0.240 e. The van der Waals surface area contributed by atoms with Gasteiger partial charge in [0.05, 0.1) is 18.2 Å². The molecular formula is C14H22N2O2. The molecule has 0 saturated carbocycles. The van der Waals surface area contributed by atoms with Crippen molar-refractivity contribution >= 4 is 5.91 Å². The number of ether oxygens (including phenoxy) is 1. The zero-order valence-electron chi connectivity index (χ0n) is 11.7. The van der Waals surface area contributed by atoms with Crippen molar-refractivity contribution in [2.45, 2.75) is 38.8 Å². The second-order valence-corrected chi connectivity index (χ2v) is 5.53. The van der Waals surface area contributed by atoms with Crippen LogP contribution in [0.4, 0.5) is 0 Å². The first-order chi connectivity index (χ1) is 8.16. The van der Waals surface area contributed by atoms with Crippen LogP contribution in [0.25, 0.3) is 0 Å². The Morgan fingerprint density at radius 3 is 2.06 bits per heavy atom. The van der Waals surface area contributed by atoms with Crippen LogP contribution in [0.5, 0.6) is 5.75 Å². The maximum atomic E-state index is 11.9. The molecule has 4 nitrogen and oxygen atoms in total. The summed E-state index contributed by atoms with van der Waals surface area (Å²) in [5.74, 6) is 0.614. The predicted octanol–water partition coefficient (Wildman–Crippen LogP) is 1.78. The van der Waals surface area contributed by atoms with Gasteiger partial charge in [-0.2, -0.15) is 0 Å². The molecule has 3 N–H and O–H groups in total. The van der Waals surface area contributed by atoms with E-state index in [1.807, 2.05) is 38.1 Å². The van der Waals surface area contributed by atoms with Gasteiger partial charge in [0.25, 0.3) is 0 Å². The number of nitrogens with two attached hydrogens (primary N) is 1. The van der Waals surface area contributed by atoms with Gasteiger partial charge in [-0.25, -0.2) is 0 Å². The molecule has 1 aromatic carbocycles. The van der Waals surface area contributed by atoms with Crippen LogP contribution in [-0.2, 0) is 10.3 Å². The second-order valence-electron chi connectivity index (χ2n) is 5.53. The average Bonchev–Trinajstić information content (AvgIpc) is 2.27. The highest BCUT2D eigenvalue weighted by molar-refractivity contribution is 5.85. The molecule has 1 amide bonds. The number of benzene rings is 1. The van der Waals surface area contributed by atoms with E-state index >= 15 is 0 Å². The highest BCUT2D eigenvalue weighted by Crippen LogP contribution is 2.23. The Hall–Kier alpha value is -1.55. The van der Waals surface area contributed by atoms with Crippen LogP contribution < -0.4 is 15.8 Å². The SMILES string of the molecule is COc1ccc(C(C)(C)NC(=O)C(C)(C)N)cc1. The molecule has 0 spiro atoms. The summed E-state index contributed by atoms with van der Waals surface area (Å²) >= 11 is 0. The molecule has 1 rings (SSSR count). The normalized spacial score (nSPS) is 12.1. The van der Waals surface area contributed by atoms with Crippen molar-refractivity contribution in [2.24, 2.45) is 5.73 Å². The maximum absolute atomic E-state index is 11.9. The van der Waals surface area contributed by atoms with E-state index in [2.05, 4.69) is 5.32 Å². The fourth-order valence-corrected chi connectivity index (χ4v) is 1.52. The minimum absolute atomic E-state index is 0.177. The first-order valence-electron chi connectivity index (χ1n) is 5.93. The number of hydrogen-bond acceptors (Lipinski definition) is 3. The number of carbonyl (C=O) groups is 1. The van der Waals surface area contributed by atoms with Crippen molar-refractivity contribution in [3.8, 4) is 5.75 Å². The van der Waals surface area contributed by atoms with E-state index in [1.54, 1.807) is 21.0 Å². The summed E-state index contributed by atoms with van der Waals surface area (Å²) in [6.07, 6.45) is 0. The molecule has 4 heteroatoms. The van der Waals surface area contributed by atoms with E-state index in [4.69, 9.17) is 10.5 Å². The van der Waals surface area contributed by atoms with Crippen molar-refractivity contribution in [3.05, 3.63) is 29.8 Å². The molecule has 18 heavy (non-hydrogen) atoms. The lowest BCUT2D eigenvalue weighted by Gasteiger charge is -2.30. The molecule has 1 aromatic rings. The van der Waals surface area contributed by atoms with Crippen LogP contribution >= 0.6 is 0 Å². The average molecular weight is 250 g/mol. The third-order valence-corrected chi connectivity index (χ3v) is 2.82. The number of amides is 1. The van der Waals surface area contributed by atoms with Gasteiger partial charge in [-0.3, -0.25) is 4.79 Å². The summed E-state index contributed by atoms with van der Waals surface area (Å²) in [5.41, 5.74) is 5.42. The third kappa shape index (κ3) is 3.47. The fraction of sp³-hybridized carbons (Fsp3) is 0.500. The van der Waals surface area contributed by atoms with Crippen molar-refractivity contribution in [3.63, 3.8) is 0 Å². The third-order valence-electron chi connectivity index (χ3n) is 2.82. The van der Waals surface area contributed by atoms with Gasteiger partial charge in [0.1, 0.15) is 5.75 Å². The lowest BCUT2D eigenvalue weighted by Crippen LogP contribution is -2.54. The maximum Gasteiger partial charge on any atom is 0.240 e. The first kappa shape index (κ1) is 14.5. The van der Waals surface area contributed by atoms with Gasteiger partial charge < -0.3 is 15.8 Å². The minimum Gasteiger partial charge on any atom is -0.497 e. The molecule has 100 valence electrons. The Labute approximate surface area is 109 Å². The predicted molar refractivity (Wildman–Crippen MR) is 72.4 cm³/mol. The highest BCUT2D eigenvalue weighted by atomic mass is 16.5. The summed E-state index contributed by atoms with van der Waals surface area (Å²) in [5, 5.41) is 2.95. The topological polar surface area (TPSA) is 64.3 Å². The van der Waals surface area contributed by atoms with Crippen molar-refractivity contribution < 1.29 is 9.53 Å². The van der Waals surface area contributed by atoms with E-state index in [-0.39, 0.29) is 5.91 Å². The molecule has 0 aromatic heterocycles. The van der Waals surface area contributed by atoms with Gasteiger partial charge in [-0.1, -0.05) is 12.1 Å². The number of rotatable bonds is 4. The van der Waals surface area contributed by atoms with E-state index < -0.39 is 11.1 Å². The molecule has 0 aliphatic carbocycles. The van der Waals surface area contributed by atoms with Crippen LogP contribution in [0.15, 0.2) is 24.3 Å². The van der Waals surface area contributed by atoms with Gasteiger partial charge in [0.2, 0.25) is 5.91 Å². The number of carbonyl (C=O) groups excluding carboxylic acids is 1. The first-order valence-corrected chi connectivity index (χ1v) is 5.93. The molecule has 0 saturated heterocycles. The van der Waals surface area contributed by atoms with Crippen LogP contribution in [0, 0.1) is 0 Å². The van der Waals surface area contributed by atoms with Gasteiger partial charge in [-0.05, 0) is 45.4 Å². The van der Waals surface area contributed by atoms with Crippen LogP contribution in [0.3, 0.4) is 0 Å². The van der Waals surface area contributed by atoms with Crippen molar-refractivity contribution in [2.75, 3.05) is 7.11 Å². The lowest BCUT2D eigenvalue weighted by atomic mass is 9.92. The number of hydrogen-bond donors (Lipinski definition) is 2. The molecule has 0 atom stereocenters. The van der Waals surface area contributed by atoms with Crippen molar-refractivity contribution in [1.29, 1.82) is 0 Å². The van der Waals surface area contributed by atoms with Gasteiger partial charge in [0.15, 0.2) is 0 Å². The molecule has 0 aliphatic heterocycles. The van der Waals surface area contributed by atoms with Gasteiger partial charge in [0, 0.05) is 0 Å². The summed E-state index contributed by atoms with van der Waals surface area (Å²) in [6, 6.07) is 7.61. The zero-order valence-corrected chi connectivity index (χ0v) is 11.7. The summed E-state index contributed by atoms with van der Waals surface area (Å²) in [7, 11) is 1.62. The molecular weight excluding hydrogens is 228 g/mol. The molecule has 0 bridgehead atoms. The summed E-state index contributed by atoms with van der Waals surface area (Å²) in [4.78, 5) is 11.9.